The molecule has 4 heteroatoms. The van der Waals surface area contributed by atoms with Crippen LogP contribution in [0.25, 0.3) is 0 Å². The molecule has 1 aromatic heterocycles. The summed E-state index contributed by atoms with van der Waals surface area (Å²) in [6.45, 7) is 4.82. The van der Waals surface area contributed by atoms with Crippen molar-refractivity contribution in [3.63, 3.8) is 0 Å². The number of thiazole rings is 1. The smallest absolute Gasteiger partial charge is 0.127 e. The van der Waals surface area contributed by atoms with Crippen LogP contribution in [-0.4, -0.2) is 11.5 Å². The van der Waals surface area contributed by atoms with Gasteiger partial charge in [0.2, 0.25) is 0 Å². The number of halogens is 1. The first-order valence-corrected chi connectivity index (χ1v) is 6.97. The van der Waals surface area contributed by atoms with Gasteiger partial charge in [-0.3, -0.25) is 0 Å². The fourth-order valence-corrected chi connectivity index (χ4v) is 2.63. The third-order valence-electron chi connectivity index (χ3n) is 2.81. The molecule has 2 rings (SSSR count). The highest BCUT2D eigenvalue weighted by Crippen LogP contribution is 2.22. The molecule has 0 amide bonds. The lowest BCUT2D eigenvalue weighted by Crippen LogP contribution is -2.24. The summed E-state index contributed by atoms with van der Waals surface area (Å²) in [7, 11) is 0. The van der Waals surface area contributed by atoms with E-state index in [2.05, 4.69) is 10.3 Å². The molecule has 96 valence electrons. The molecule has 1 atom stereocenters. The Hall–Kier alpha value is -1.26. The number of aromatic nitrogens is 1. The van der Waals surface area contributed by atoms with Crippen molar-refractivity contribution in [3.8, 4) is 0 Å². The highest BCUT2D eigenvalue weighted by atomic mass is 32.1. The van der Waals surface area contributed by atoms with E-state index < -0.39 is 0 Å². The van der Waals surface area contributed by atoms with E-state index >= 15 is 0 Å². The van der Waals surface area contributed by atoms with Gasteiger partial charge >= 0.3 is 0 Å². The van der Waals surface area contributed by atoms with E-state index in [-0.39, 0.29) is 11.9 Å². The molecule has 0 bridgehead atoms. The molecule has 2 aromatic rings. The number of benzene rings is 1. The molecule has 2 nitrogen and oxygen atoms in total. The zero-order chi connectivity index (χ0) is 13.0. The van der Waals surface area contributed by atoms with Crippen molar-refractivity contribution in [2.75, 3.05) is 6.54 Å². The van der Waals surface area contributed by atoms with Crippen LogP contribution in [0.4, 0.5) is 4.39 Å². The quantitative estimate of drug-likeness (QED) is 0.894. The van der Waals surface area contributed by atoms with Gasteiger partial charge in [-0.25, -0.2) is 9.37 Å². The first kappa shape index (κ1) is 13.2. The average Bonchev–Trinajstić information content (AvgIpc) is 2.75. The zero-order valence-electron chi connectivity index (χ0n) is 10.6. The lowest BCUT2D eigenvalue weighted by Gasteiger charge is -2.17. The molecule has 0 fully saturated rings. The first-order valence-electron chi connectivity index (χ1n) is 6.09. The van der Waals surface area contributed by atoms with Crippen molar-refractivity contribution >= 4 is 11.3 Å². The molecule has 0 aliphatic carbocycles. The molecule has 0 spiro atoms. The Bertz CT molecular complexity index is 510. The first-order chi connectivity index (χ1) is 8.70. The van der Waals surface area contributed by atoms with Gasteiger partial charge in [-0.2, -0.15) is 0 Å². The van der Waals surface area contributed by atoms with E-state index in [0.717, 1.165) is 23.7 Å². The lowest BCUT2D eigenvalue weighted by atomic mass is 10.0. The van der Waals surface area contributed by atoms with Crippen LogP contribution in [0, 0.1) is 12.7 Å². The van der Waals surface area contributed by atoms with Gasteiger partial charge in [0.05, 0.1) is 10.7 Å². The van der Waals surface area contributed by atoms with Crippen LogP contribution in [0.1, 0.15) is 29.2 Å². The number of hydrogen-bond donors (Lipinski definition) is 1. The van der Waals surface area contributed by atoms with Crippen LogP contribution >= 0.6 is 11.3 Å². The molecular weight excluding hydrogens is 247 g/mol. The van der Waals surface area contributed by atoms with Crippen molar-refractivity contribution in [1.29, 1.82) is 0 Å². The maximum absolute atomic E-state index is 13.8. The molecule has 0 saturated carbocycles. The van der Waals surface area contributed by atoms with Crippen LogP contribution in [0.3, 0.4) is 0 Å². The van der Waals surface area contributed by atoms with Gasteiger partial charge < -0.3 is 5.32 Å². The van der Waals surface area contributed by atoms with Crippen molar-refractivity contribution < 1.29 is 4.39 Å². The average molecular weight is 264 g/mol. The molecule has 1 unspecified atom stereocenters. The number of likely N-dealkylation sites (N-methyl/N-ethyl adjacent to an activating group) is 1. The van der Waals surface area contributed by atoms with Crippen LogP contribution in [0.15, 0.2) is 29.6 Å². The standard InChI is InChI=1S/C14H17FN2S/c1-3-16-14(8-11-9-18-10(2)17-11)12-6-4-5-7-13(12)15/h4-7,9,14,16H,3,8H2,1-2H3. The number of aryl methyl sites for hydroxylation is 1. The Kier molecular flexibility index (Phi) is 4.44. The lowest BCUT2D eigenvalue weighted by molar-refractivity contribution is 0.507. The molecule has 0 aliphatic rings. The van der Waals surface area contributed by atoms with Crippen LogP contribution < -0.4 is 5.32 Å². The van der Waals surface area contributed by atoms with E-state index in [1.807, 2.05) is 31.4 Å². The maximum Gasteiger partial charge on any atom is 0.127 e. The predicted molar refractivity (Wildman–Crippen MR) is 73.4 cm³/mol. The van der Waals surface area contributed by atoms with Crippen LogP contribution in [-0.2, 0) is 6.42 Å². The summed E-state index contributed by atoms with van der Waals surface area (Å²) in [5, 5.41) is 6.41. The monoisotopic (exact) mass is 264 g/mol. The van der Waals surface area contributed by atoms with Crippen molar-refractivity contribution in [2.24, 2.45) is 0 Å². The summed E-state index contributed by atoms with van der Waals surface area (Å²) in [6.07, 6.45) is 0.721. The molecular formula is C14H17FN2S. The van der Waals surface area contributed by atoms with Crippen molar-refractivity contribution in [1.82, 2.24) is 10.3 Å². The summed E-state index contributed by atoms with van der Waals surface area (Å²) in [6, 6.07) is 6.91. The van der Waals surface area contributed by atoms with Gasteiger partial charge in [-0.15, -0.1) is 11.3 Å². The van der Waals surface area contributed by atoms with Gasteiger partial charge in [0, 0.05) is 23.4 Å². The normalized spacial score (nSPS) is 12.6. The minimum absolute atomic E-state index is 0.0160. The number of rotatable bonds is 5. The molecule has 0 aliphatic heterocycles. The Morgan fingerprint density at radius 3 is 2.78 bits per heavy atom. The number of nitrogens with one attached hydrogen (secondary N) is 1. The van der Waals surface area contributed by atoms with Gasteiger partial charge in [-0.05, 0) is 19.5 Å². The summed E-state index contributed by atoms with van der Waals surface area (Å²) in [5.74, 6) is -0.157. The topological polar surface area (TPSA) is 24.9 Å². The molecule has 1 heterocycles. The minimum Gasteiger partial charge on any atom is -0.310 e. The second kappa shape index (κ2) is 6.07. The molecule has 0 saturated heterocycles. The van der Waals surface area contributed by atoms with E-state index in [0.29, 0.717) is 5.56 Å². The summed E-state index contributed by atoms with van der Waals surface area (Å²) in [4.78, 5) is 4.44. The fraction of sp³-hybridized carbons (Fsp3) is 0.357. The SMILES string of the molecule is CCNC(Cc1csc(C)n1)c1ccccc1F. The Labute approximate surface area is 111 Å². The Morgan fingerprint density at radius 1 is 1.39 bits per heavy atom. The van der Waals surface area contributed by atoms with Gasteiger partial charge in [0.1, 0.15) is 5.82 Å². The maximum atomic E-state index is 13.8. The van der Waals surface area contributed by atoms with Crippen molar-refractivity contribution in [3.05, 3.63) is 51.7 Å². The predicted octanol–water partition coefficient (Wildman–Crippen LogP) is 3.48. The van der Waals surface area contributed by atoms with E-state index in [1.54, 1.807) is 17.4 Å². The number of hydrogen-bond acceptors (Lipinski definition) is 3. The van der Waals surface area contributed by atoms with E-state index in [4.69, 9.17) is 0 Å². The number of nitrogens with zero attached hydrogens (tertiary/aromatic N) is 1. The Balaban J connectivity index is 2.20. The van der Waals surface area contributed by atoms with Gasteiger partial charge in [0.15, 0.2) is 0 Å². The summed E-state index contributed by atoms with van der Waals surface area (Å²) < 4.78 is 13.8. The highest BCUT2D eigenvalue weighted by molar-refractivity contribution is 7.09. The largest absolute Gasteiger partial charge is 0.310 e. The second-order valence-corrected chi connectivity index (χ2v) is 5.26. The summed E-state index contributed by atoms with van der Waals surface area (Å²) in [5.41, 5.74) is 1.73. The molecule has 1 N–H and O–H groups in total. The summed E-state index contributed by atoms with van der Waals surface area (Å²) >= 11 is 1.63. The zero-order valence-corrected chi connectivity index (χ0v) is 11.4. The minimum atomic E-state index is -0.157. The van der Waals surface area contributed by atoms with Gasteiger partial charge in [0.25, 0.3) is 0 Å². The third-order valence-corrected chi connectivity index (χ3v) is 3.63. The highest BCUT2D eigenvalue weighted by Gasteiger charge is 2.16. The van der Waals surface area contributed by atoms with E-state index in [1.165, 1.54) is 6.07 Å². The molecule has 0 radical (unpaired) electrons. The van der Waals surface area contributed by atoms with E-state index in [9.17, 15) is 4.39 Å². The van der Waals surface area contributed by atoms with Crippen molar-refractivity contribution in [2.45, 2.75) is 26.3 Å². The van der Waals surface area contributed by atoms with Crippen LogP contribution in [0.5, 0.6) is 0 Å². The second-order valence-electron chi connectivity index (χ2n) is 4.19. The van der Waals surface area contributed by atoms with Crippen LogP contribution in [0.2, 0.25) is 0 Å². The van der Waals surface area contributed by atoms with Gasteiger partial charge in [-0.1, -0.05) is 25.1 Å². The Morgan fingerprint density at radius 2 is 2.17 bits per heavy atom. The molecule has 1 aromatic carbocycles. The molecule has 18 heavy (non-hydrogen) atoms. The fourth-order valence-electron chi connectivity index (χ4n) is 2.01. The third kappa shape index (κ3) is 3.15.